The molecular weight excluding hydrogens is 230 g/mol. The van der Waals surface area contributed by atoms with Gasteiger partial charge in [-0.2, -0.15) is 5.10 Å². The maximum atomic E-state index is 12.1. The molecule has 0 radical (unpaired) electrons. The van der Waals surface area contributed by atoms with Crippen LogP contribution in [0.1, 0.15) is 12.5 Å². The van der Waals surface area contributed by atoms with Gasteiger partial charge in [-0.1, -0.05) is 6.92 Å². The minimum atomic E-state index is -0.0956. The summed E-state index contributed by atoms with van der Waals surface area (Å²) in [5.74, 6) is 0.00787. The summed E-state index contributed by atoms with van der Waals surface area (Å²) in [6, 6.07) is 3.72. The van der Waals surface area contributed by atoms with Gasteiger partial charge in [0.05, 0.1) is 25.0 Å². The lowest BCUT2D eigenvalue weighted by Crippen LogP contribution is -2.33. The van der Waals surface area contributed by atoms with Crippen LogP contribution in [0, 0.1) is 5.92 Å². The van der Waals surface area contributed by atoms with E-state index in [0.29, 0.717) is 13.1 Å². The van der Waals surface area contributed by atoms with Crippen LogP contribution in [0.3, 0.4) is 0 Å². The molecule has 96 valence electrons. The van der Waals surface area contributed by atoms with Crippen molar-refractivity contribution in [1.29, 1.82) is 0 Å². The van der Waals surface area contributed by atoms with Crippen molar-refractivity contribution in [3.05, 3.63) is 42.6 Å². The highest BCUT2D eigenvalue weighted by molar-refractivity contribution is 5.78. The van der Waals surface area contributed by atoms with Gasteiger partial charge in [-0.25, -0.2) is 0 Å². The molecule has 0 saturated heterocycles. The first-order valence-corrected chi connectivity index (χ1v) is 5.90. The number of carbonyl (C=O) groups is 1. The van der Waals surface area contributed by atoms with Crippen molar-refractivity contribution in [2.45, 2.75) is 20.0 Å². The molecular formula is C13H17N3O2. The van der Waals surface area contributed by atoms with E-state index in [0.717, 1.165) is 5.56 Å². The zero-order valence-electron chi connectivity index (χ0n) is 10.6. The second-order valence-corrected chi connectivity index (χ2v) is 4.46. The van der Waals surface area contributed by atoms with Gasteiger partial charge >= 0.3 is 0 Å². The van der Waals surface area contributed by atoms with Crippen LogP contribution in [0.4, 0.5) is 0 Å². The number of rotatable bonds is 5. The third kappa shape index (κ3) is 3.00. The van der Waals surface area contributed by atoms with E-state index in [4.69, 9.17) is 4.42 Å². The molecule has 1 amide bonds. The monoisotopic (exact) mass is 247 g/mol. The standard InChI is InChI=1S/C13H17N3O2/c1-11(8-16-6-3-5-14-16)13(17)15(2)9-12-4-7-18-10-12/h3-7,10-11H,8-9H2,1-2H3. The fourth-order valence-corrected chi connectivity index (χ4v) is 1.88. The van der Waals surface area contributed by atoms with Gasteiger partial charge in [0.2, 0.25) is 5.91 Å². The molecule has 1 atom stereocenters. The predicted octanol–water partition coefficient (Wildman–Crippen LogP) is 1.77. The summed E-state index contributed by atoms with van der Waals surface area (Å²) in [5, 5.41) is 4.10. The molecule has 5 heteroatoms. The fraction of sp³-hybridized carbons (Fsp3) is 0.385. The highest BCUT2D eigenvalue weighted by Crippen LogP contribution is 2.09. The molecule has 2 heterocycles. The number of aromatic nitrogens is 2. The van der Waals surface area contributed by atoms with Gasteiger partial charge in [0.1, 0.15) is 0 Å². The van der Waals surface area contributed by atoms with Crippen molar-refractivity contribution in [2.24, 2.45) is 5.92 Å². The molecule has 2 aromatic rings. The molecule has 0 aliphatic carbocycles. The zero-order valence-corrected chi connectivity index (χ0v) is 10.6. The van der Waals surface area contributed by atoms with Gasteiger partial charge in [-0.15, -0.1) is 0 Å². The second-order valence-electron chi connectivity index (χ2n) is 4.46. The molecule has 18 heavy (non-hydrogen) atoms. The van der Waals surface area contributed by atoms with Crippen LogP contribution in [-0.2, 0) is 17.9 Å². The molecule has 0 spiro atoms. The molecule has 0 aliphatic rings. The van der Waals surface area contributed by atoms with Gasteiger partial charge in [-0.05, 0) is 12.1 Å². The number of amides is 1. The Balaban J connectivity index is 1.89. The van der Waals surface area contributed by atoms with Crippen LogP contribution in [0.15, 0.2) is 41.5 Å². The molecule has 0 aliphatic heterocycles. The van der Waals surface area contributed by atoms with E-state index < -0.39 is 0 Å². The van der Waals surface area contributed by atoms with Gasteiger partial charge in [-0.3, -0.25) is 9.48 Å². The van der Waals surface area contributed by atoms with E-state index in [1.165, 1.54) is 0 Å². The highest BCUT2D eigenvalue weighted by atomic mass is 16.3. The number of hydrogen-bond donors (Lipinski definition) is 0. The first-order chi connectivity index (χ1) is 8.66. The van der Waals surface area contributed by atoms with Crippen LogP contribution >= 0.6 is 0 Å². The average Bonchev–Trinajstić information content (AvgIpc) is 3.01. The first kappa shape index (κ1) is 12.4. The van der Waals surface area contributed by atoms with Crippen molar-refractivity contribution in [2.75, 3.05) is 7.05 Å². The van der Waals surface area contributed by atoms with Crippen molar-refractivity contribution in [3.63, 3.8) is 0 Å². The second kappa shape index (κ2) is 5.53. The predicted molar refractivity (Wildman–Crippen MR) is 66.6 cm³/mol. The Morgan fingerprint density at radius 1 is 1.61 bits per heavy atom. The fourth-order valence-electron chi connectivity index (χ4n) is 1.88. The molecule has 5 nitrogen and oxygen atoms in total. The van der Waals surface area contributed by atoms with Crippen LogP contribution in [0.5, 0.6) is 0 Å². The maximum Gasteiger partial charge on any atom is 0.227 e. The van der Waals surface area contributed by atoms with E-state index >= 15 is 0 Å². The SMILES string of the molecule is CC(Cn1cccn1)C(=O)N(C)Cc1ccoc1. The highest BCUT2D eigenvalue weighted by Gasteiger charge is 2.18. The topological polar surface area (TPSA) is 51.3 Å². The summed E-state index contributed by atoms with van der Waals surface area (Å²) in [6.45, 7) is 3.08. The van der Waals surface area contributed by atoms with Crippen LogP contribution in [0.25, 0.3) is 0 Å². The Labute approximate surface area is 106 Å². The lowest BCUT2D eigenvalue weighted by atomic mass is 10.1. The Hall–Kier alpha value is -2.04. The van der Waals surface area contributed by atoms with Crippen LogP contribution < -0.4 is 0 Å². The number of hydrogen-bond acceptors (Lipinski definition) is 3. The number of furan rings is 1. The third-order valence-electron chi connectivity index (χ3n) is 2.82. The minimum absolute atomic E-state index is 0.0956. The molecule has 2 aromatic heterocycles. The van der Waals surface area contributed by atoms with Crippen LogP contribution in [0.2, 0.25) is 0 Å². The van der Waals surface area contributed by atoms with E-state index in [9.17, 15) is 4.79 Å². The lowest BCUT2D eigenvalue weighted by molar-refractivity contribution is -0.134. The summed E-state index contributed by atoms with van der Waals surface area (Å²) < 4.78 is 6.76. The van der Waals surface area contributed by atoms with Crippen molar-refractivity contribution in [3.8, 4) is 0 Å². The Morgan fingerprint density at radius 2 is 2.44 bits per heavy atom. The van der Waals surface area contributed by atoms with Crippen molar-refractivity contribution < 1.29 is 9.21 Å². The lowest BCUT2D eigenvalue weighted by Gasteiger charge is -2.20. The third-order valence-corrected chi connectivity index (χ3v) is 2.82. The van der Waals surface area contributed by atoms with Crippen molar-refractivity contribution in [1.82, 2.24) is 14.7 Å². The largest absolute Gasteiger partial charge is 0.472 e. The molecule has 1 unspecified atom stereocenters. The summed E-state index contributed by atoms with van der Waals surface area (Å²) in [4.78, 5) is 13.9. The molecule has 0 aromatic carbocycles. The molecule has 0 N–H and O–H groups in total. The Bertz CT molecular complexity index is 432. The van der Waals surface area contributed by atoms with Gasteiger partial charge in [0, 0.05) is 31.5 Å². The molecule has 0 bridgehead atoms. The molecule has 2 rings (SSSR count). The Morgan fingerprint density at radius 3 is 3.06 bits per heavy atom. The minimum Gasteiger partial charge on any atom is -0.472 e. The van der Waals surface area contributed by atoms with E-state index in [1.807, 2.05) is 25.3 Å². The zero-order chi connectivity index (χ0) is 13.0. The summed E-state index contributed by atoms with van der Waals surface area (Å²) in [6.07, 6.45) is 6.84. The first-order valence-electron chi connectivity index (χ1n) is 5.90. The van der Waals surface area contributed by atoms with E-state index in [1.54, 1.807) is 35.4 Å². The van der Waals surface area contributed by atoms with Gasteiger partial charge in [0.15, 0.2) is 0 Å². The summed E-state index contributed by atoms with van der Waals surface area (Å²) in [7, 11) is 1.80. The van der Waals surface area contributed by atoms with Gasteiger partial charge < -0.3 is 9.32 Å². The van der Waals surface area contributed by atoms with Gasteiger partial charge in [0.25, 0.3) is 0 Å². The quantitative estimate of drug-likeness (QED) is 0.809. The summed E-state index contributed by atoms with van der Waals surface area (Å²) in [5.41, 5.74) is 0.997. The maximum absolute atomic E-state index is 12.1. The molecule has 0 fully saturated rings. The normalized spacial score (nSPS) is 12.3. The van der Waals surface area contributed by atoms with Crippen LogP contribution in [-0.4, -0.2) is 27.6 Å². The van der Waals surface area contributed by atoms with E-state index in [-0.39, 0.29) is 11.8 Å². The molecule has 0 saturated carbocycles. The number of carbonyl (C=O) groups excluding carboxylic acids is 1. The average molecular weight is 247 g/mol. The summed E-state index contributed by atoms with van der Waals surface area (Å²) >= 11 is 0. The number of nitrogens with zero attached hydrogens (tertiary/aromatic N) is 3. The van der Waals surface area contributed by atoms with Crippen molar-refractivity contribution >= 4 is 5.91 Å². The smallest absolute Gasteiger partial charge is 0.227 e. The van der Waals surface area contributed by atoms with E-state index in [2.05, 4.69) is 5.10 Å². The Kier molecular flexibility index (Phi) is 3.82.